The maximum Gasteiger partial charge on any atom is 0.408 e. The molecule has 0 radical (unpaired) electrons. The second-order valence-electron chi connectivity index (χ2n) is 4.22. The first-order valence-corrected chi connectivity index (χ1v) is 6.65. The molecule has 0 fully saturated rings. The zero-order chi connectivity index (χ0) is 14.9. The van der Waals surface area contributed by atoms with Crippen molar-refractivity contribution in [3.8, 4) is 11.4 Å². The minimum absolute atomic E-state index is 0.176. The third kappa shape index (κ3) is 3.45. The summed E-state index contributed by atoms with van der Waals surface area (Å²) >= 11 is 1.26. The lowest BCUT2D eigenvalue weighted by molar-refractivity contribution is -0.142. The van der Waals surface area contributed by atoms with Crippen molar-refractivity contribution in [1.82, 2.24) is 24.3 Å². The summed E-state index contributed by atoms with van der Waals surface area (Å²) in [5, 5.41) is 9.38. The first-order valence-electron chi connectivity index (χ1n) is 5.81. The largest absolute Gasteiger partial charge is 0.408 e. The Morgan fingerprint density at radius 1 is 1.33 bits per heavy atom. The lowest BCUT2D eigenvalue weighted by Gasteiger charge is -2.05. The smallest absolute Gasteiger partial charge is 0.339 e. The van der Waals surface area contributed by atoms with E-state index < -0.39 is 12.7 Å². The first-order chi connectivity index (χ1) is 9.99. The van der Waals surface area contributed by atoms with Gasteiger partial charge in [0.1, 0.15) is 6.54 Å². The van der Waals surface area contributed by atoms with Gasteiger partial charge in [-0.05, 0) is 17.6 Å². The number of alkyl halides is 3. The number of hydrogen-bond acceptors (Lipinski definition) is 6. The number of halogens is 3. The van der Waals surface area contributed by atoms with Gasteiger partial charge in [-0.1, -0.05) is 5.16 Å². The van der Waals surface area contributed by atoms with Crippen LogP contribution in [0.1, 0.15) is 11.6 Å². The van der Waals surface area contributed by atoms with E-state index in [1.54, 1.807) is 11.6 Å². The van der Waals surface area contributed by atoms with Crippen LogP contribution in [-0.4, -0.2) is 30.5 Å². The van der Waals surface area contributed by atoms with E-state index in [1.807, 2.05) is 0 Å². The maximum absolute atomic E-state index is 12.2. The van der Waals surface area contributed by atoms with Gasteiger partial charge in [0.15, 0.2) is 0 Å². The molecule has 0 atom stereocenters. The third-order valence-corrected chi connectivity index (χ3v) is 3.11. The van der Waals surface area contributed by atoms with Gasteiger partial charge in [-0.25, -0.2) is 4.37 Å². The van der Waals surface area contributed by atoms with E-state index in [1.165, 1.54) is 23.8 Å². The zero-order valence-corrected chi connectivity index (χ0v) is 11.2. The Balaban J connectivity index is 1.70. The second kappa shape index (κ2) is 5.28. The highest BCUT2D eigenvalue weighted by atomic mass is 32.1. The van der Waals surface area contributed by atoms with E-state index in [9.17, 15) is 13.2 Å². The van der Waals surface area contributed by atoms with Crippen molar-refractivity contribution >= 4 is 11.5 Å². The van der Waals surface area contributed by atoms with Crippen molar-refractivity contribution < 1.29 is 17.7 Å². The number of aromatic nitrogens is 5. The highest BCUT2D eigenvalue weighted by Crippen LogP contribution is 2.19. The van der Waals surface area contributed by atoms with Crippen molar-refractivity contribution in [1.29, 1.82) is 0 Å². The summed E-state index contributed by atoms with van der Waals surface area (Å²) in [6, 6.07) is 1.49. The first kappa shape index (κ1) is 13.7. The molecule has 21 heavy (non-hydrogen) atoms. The fraction of sp³-hybridized carbons (Fsp3) is 0.273. The monoisotopic (exact) mass is 315 g/mol. The molecule has 3 heterocycles. The van der Waals surface area contributed by atoms with Gasteiger partial charge in [-0.15, -0.1) is 0 Å². The molecule has 0 spiro atoms. The summed E-state index contributed by atoms with van der Waals surface area (Å²) < 4.78 is 46.5. The van der Waals surface area contributed by atoms with Crippen LogP contribution in [0.3, 0.4) is 0 Å². The highest BCUT2D eigenvalue weighted by Gasteiger charge is 2.28. The third-order valence-electron chi connectivity index (χ3n) is 2.53. The number of rotatable bonds is 4. The number of hydrogen-bond donors (Lipinski definition) is 0. The van der Waals surface area contributed by atoms with Crippen LogP contribution in [0.2, 0.25) is 0 Å². The molecule has 0 saturated carbocycles. The fourth-order valence-corrected chi connectivity index (χ4v) is 2.20. The lowest BCUT2D eigenvalue weighted by Crippen LogP contribution is -2.18. The Labute approximate surface area is 120 Å². The maximum atomic E-state index is 12.2. The van der Waals surface area contributed by atoms with Gasteiger partial charge in [0.05, 0.1) is 23.9 Å². The topological polar surface area (TPSA) is 69.6 Å². The van der Waals surface area contributed by atoms with Crippen molar-refractivity contribution in [2.24, 2.45) is 0 Å². The molecule has 3 aromatic heterocycles. The van der Waals surface area contributed by atoms with Crippen LogP contribution in [0.5, 0.6) is 0 Å². The molecule has 0 amide bonds. The molecular formula is C11H8F3N5OS. The normalized spacial score (nSPS) is 12.0. The minimum Gasteiger partial charge on any atom is -0.339 e. The van der Waals surface area contributed by atoms with E-state index >= 15 is 0 Å². The van der Waals surface area contributed by atoms with Crippen molar-refractivity contribution in [3.63, 3.8) is 0 Å². The predicted molar refractivity (Wildman–Crippen MR) is 66.5 cm³/mol. The van der Waals surface area contributed by atoms with E-state index in [-0.39, 0.29) is 12.3 Å². The van der Waals surface area contributed by atoms with Gasteiger partial charge < -0.3 is 4.52 Å². The van der Waals surface area contributed by atoms with Crippen molar-refractivity contribution in [2.75, 3.05) is 0 Å². The molecule has 0 aliphatic heterocycles. The van der Waals surface area contributed by atoms with Crippen molar-refractivity contribution in [2.45, 2.75) is 19.1 Å². The van der Waals surface area contributed by atoms with E-state index in [4.69, 9.17) is 4.52 Å². The van der Waals surface area contributed by atoms with Crippen LogP contribution in [0.25, 0.3) is 11.4 Å². The van der Waals surface area contributed by atoms with Gasteiger partial charge >= 0.3 is 6.18 Å². The molecule has 10 heteroatoms. The molecule has 0 saturated heterocycles. The quantitative estimate of drug-likeness (QED) is 0.740. The Morgan fingerprint density at radius 2 is 2.19 bits per heavy atom. The van der Waals surface area contributed by atoms with E-state index in [2.05, 4.69) is 19.6 Å². The van der Waals surface area contributed by atoms with Crippen molar-refractivity contribution in [3.05, 3.63) is 35.4 Å². The molecule has 0 bridgehead atoms. The zero-order valence-electron chi connectivity index (χ0n) is 10.4. The molecule has 3 rings (SSSR count). The molecule has 0 aliphatic carbocycles. The van der Waals surface area contributed by atoms with Crippen LogP contribution in [0.4, 0.5) is 13.2 Å². The Hall–Kier alpha value is -2.23. The van der Waals surface area contributed by atoms with Crippen LogP contribution in [0, 0.1) is 0 Å². The molecule has 0 N–H and O–H groups in total. The van der Waals surface area contributed by atoms with Gasteiger partial charge in [0.25, 0.3) is 0 Å². The second-order valence-corrected chi connectivity index (χ2v) is 4.88. The predicted octanol–water partition coefficient (Wildman–Crippen LogP) is 2.54. The molecule has 0 aliphatic rings. The Kier molecular flexibility index (Phi) is 3.45. The van der Waals surface area contributed by atoms with Crippen LogP contribution >= 0.6 is 11.5 Å². The van der Waals surface area contributed by atoms with Gasteiger partial charge in [0.2, 0.25) is 11.7 Å². The minimum atomic E-state index is -4.30. The summed E-state index contributed by atoms with van der Waals surface area (Å²) in [5.41, 5.74) is 1.16. The SMILES string of the molecule is FC(F)(F)Cn1ccc(Cc2nc(-c3cnsc3)no2)n1. The summed E-state index contributed by atoms with van der Waals surface area (Å²) in [4.78, 5) is 4.15. The molecule has 0 aromatic carbocycles. The summed E-state index contributed by atoms with van der Waals surface area (Å²) in [6.07, 6.45) is -1.25. The average molecular weight is 315 g/mol. The fourth-order valence-electron chi connectivity index (χ4n) is 1.68. The van der Waals surface area contributed by atoms with Crippen LogP contribution in [0.15, 0.2) is 28.4 Å². The van der Waals surface area contributed by atoms with Gasteiger partial charge in [0, 0.05) is 11.6 Å². The van der Waals surface area contributed by atoms with Gasteiger partial charge in [-0.2, -0.15) is 23.3 Å². The molecule has 6 nitrogen and oxygen atoms in total. The molecular weight excluding hydrogens is 307 g/mol. The molecule has 110 valence electrons. The lowest BCUT2D eigenvalue weighted by atomic mass is 10.3. The standard InChI is InChI=1S/C11H8F3N5OS/c12-11(13,14)6-19-2-1-8(17-19)3-9-16-10(18-20-9)7-4-15-21-5-7/h1-2,4-5H,3,6H2. The van der Waals surface area contributed by atoms with Crippen LogP contribution < -0.4 is 0 Å². The summed E-state index contributed by atoms with van der Waals surface area (Å²) in [5.74, 6) is 0.682. The summed E-state index contributed by atoms with van der Waals surface area (Å²) in [6.45, 7) is -1.12. The Bertz CT molecular complexity index is 718. The Morgan fingerprint density at radius 3 is 2.90 bits per heavy atom. The average Bonchev–Trinajstić information content (AvgIpc) is 3.08. The highest BCUT2D eigenvalue weighted by molar-refractivity contribution is 7.03. The molecule has 3 aromatic rings. The van der Waals surface area contributed by atoms with Gasteiger partial charge in [-0.3, -0.25) is 4.68 Å². The van der Waals surface area contributed by atoms with Crippen LogP contribution in [-0.2, 0) is 13.0 Å². The van der Waals surface area contributed by atoms with E-state index in [0.29, 0.717) is 11.5 Å². The number of nitrogens with zero attached hydrogens (tertiary/aromatic N) is 5. The summed E-state index contributed by atoms with van der Waals surface area (Å²) in [7, 11) is 0. The molecule has 0 unspecified atom stereocenters. The van der Waals surface area contributed by atoms with E-state index in [0.717, 1.165) is 10.2 Å².